The number of rotatable bonds is 8. The van der Waals surface area contributed by atoms with Gasteiger partial charge in [0.25, 0.3) is 0 Å². The van der Waals surface area contributed by atoms with Crippen LogP contribution in [-0.2, 0) is 4.74 Å². The molecule has 1 unspecified atom stereocenters. The van der Waals surface area contributed by atoms with Crippen molar-refractivity contribution < 1.29 is 4.74 Å². The molecule has 0 aliphatic heterocycles. The van der Waals surface area contributed by atoms with Crippen LogP contribution in [0.3, 0.4) is 0 Å². The first-order valence-corrected chi connectivity index (χ1v) is 5.63. The van der Waals surface area contributed by atoms with E-state index in [2.05, 4.69) is 26.1 Å². The van der Waals surface area contributed by atoms with Crippen molar-refractivity contribution in [2.75, 3.05) is 13.2 Å². The summed E-state index contributed by atoms with van der Waals surface area (Å²) in [4.78, 5) is 0. The molecule has 0 radical (unpaired) electrons. The second kappa shape index (κ2) is 9.22. The highest BCUT2D eigenvalue weighted by Crippen LogP contribution is 2.00. The molecule has 0 aliphatic carbocycles. The quantitative estimate of drug-likeness (QED) is 0.479. The minimum atomic E-state index is 0.375. The van der Waals surface area contributed by atoms with Crippen LogP contribution in [0.1, 0.15) is 40.5 Å². The van der Waals surface area contributed by atoms with Crippen molar-refractivity contribution in [1.82, 2.24) is 5.32 Å². The highest BCUT2D eigenvalue weighted by Gasteiger charge is 2.00. The van der Waals surface area contributed by atoms with E-state index in [4.69, 9.17) is 4.74 Å². The van der Waals surface area contributed by atoms with Crippen LogP contribution >= 0.6 is 0 Å². The Balaban J connectivity index is 3.22. The highest BCUT2D eigenvalue weighted by molar-refractivity contribution is 4.76. The minimum Gasteiger partial charge on any atom is -0.374 e. The van der Waals surface area contributed by atoms with Crippen molar-refractivity contribution >= 4 is 0 Å². The van der Waals surface area contributed by atoms with Crippen LogP contribution in [0.2, 0.25) is 0 Å². The van der Waals surface area contributed by atoms with Gasteiger partial charge in [0.05, 0.1) is 12.7 Å². The van der Waals surface area contributed by atoms with E-state index in [1.165, 1.54) is 6.42 Å². The molecule has 2 heteroatoms. The Bertz CT molecular complexity index is 143. The lowest BCUT2D eigenvalue weighted by Crippen LogP contribution is -2.24. The molecule has 0 amide bonds. The first-order valence-electron chi connectivity index (χ1n) is 5.63. The molecule has 0 aliphatic rings. The fourth-order valence-corrected chi connectivity index (χ4v) is 1.18. The van der Waals surface area contributed by atoms with Crippen molar-refractivity contribution in [3.8, 4) is 0 Å². The first-order chi connectivity index (χ1) is 6.66. The van der Waals surface area contributed by atoms with Crippen LogP contribution in [0.4, 0.5) is 0 Å². The van der Waals surface area contributed by atoms with E-state index in [0.29, 0.717) is 12.1 Å². The lowest BCUT2D eigenvalue weighted by molar-refractivity contribution is 0.0802. The van der Waals surface area contributed by atoms with Gasteiger partial charge in [-0.15, -0.1) is 0 Å². The standard InChI is InChI=1S/C12H25NO/c1-5-6-10-14-12(4)8-7-9-13-11(2)3/h5-6,11-13H,7-10H2,1-4H3. The monoisotopic (exact) mass is 199 g/mol. The van der Waals surface area contributed by atoms with Crippen molar-refractivity contribution in [3.05, 3.63) is 12.2 Å². The summed E-state index contributed by atoms with van der Waals surface area (Å²) >= 11 is 0. The van der Waals surface area contributed by atoms with E-state index in [-0.39, 0.29) is 0 Å². The first kappa shape index (κ1) is 13.7. The van der Waals surface area contributed by atoms with Crippen LogP contribution in [0.5, 0.6) is 0 Å². The molecule has 0 saturated carbocycles. The van der Waals surface area contributed by atoms with Gasteiger partial charge in [-0.2, -0.15) is 0 Å². The molecule has 0 rings (SSSR count). The van der Waals surface area contributed by atoms with Gasteiger partial charge in [-0.25, -0.2) is 0 Å². The number of nitrogens with one attached hydrogen (secondary N) is 1. The Morgan fingerprint density at radius 1 is 1.29 bits per heavy atom. The zero-order valence-electron chi connectivity index (χ0n) is 10.0. The van der Waals surface area contributed by atoms with Gasteiger partial charge >= 0.3 is 0 Å². The van der Waals surface area contributed by atoms with Gasteiger partial charge < -0.3 is 10.1 Å². The number of ether oxygens (including phenoxy) is 1. The summed E-state index contributed by atoms with van der Waals surface area (Å²) in [7, 11) is 0. The Kier molecular flexibility index (Phi) is 9.00. The van der Waals surface area contributed by atoms with Gasteiger partial charge in [-0.1, -0.05) is 26.0 Å². The molecule has 0 bridgehead atoms. The second-order valence-electron chi connectivity index (χ2n) is 3.96. The van der Waals surface area contributed by atoms with E-state index < -0.39 is 0 Å². The van der Waals surface area contributed by atoms with E-state index in [9.17, 15) is 0 Å². The third-order valence-corrected chi connectivity index (χ3v) is 2.05. The third-order valence-electron chi connectivity index (χ3n) is 2.05. The third kappa shape index (κ3) is 9.75. The predicted octanol–water partition coefficient (Wildman–Crippen LogP) is 2.75. The Labute approximate surface area is 88.7 Å². The maximum absolute atomic E-state index is 5.57. The van der Waals surface area contributed by atoms with Crippen molar-refractivity contribution in [2.45, 2.75) is 52.7 Å². The predicted molar refractivity (Wildman–Crippen MR) is 62.6 cm³/mol. The molecular formula is C12H25NO. The molecule has 0 heterocycles. The van der Waals surface area contributed by atoms with Crippen molar-refractivity contribution in [2.24, 2.45) is 0 Å². The molecule has 0 spiro atoms. The van der Waals surface area contributed by atoms with E-state index in [1.54, 1.807) is 0 Å². The van der Waals surface area contributed by atoms with Crippen LogP contribution in [0, 0.1) is 0 Å². The largest absolute Gasteiger partial charge is 0.374 e. The maximum atomic E-state index is 5.57. The van der Waals surface area contributed by atoms with Crippen LogP contribution in [0.15, 0.2) is 12.2 Å². The van der Waals surface area contributed by atoms with Gasteiger partial charge in [0.2, 0.25) is 0 Å². The van der Waals surface area contributed by atoms with Crippen LogP contribution in [0.25, 0.3) is 0 Å². The summed E-state index contributed by atoms with van der Waals surface area (Å²) in [5.41, 5.74) is 0. The highest BCUT2D eigenvalue weighted by atomic mass is 16.5. The summed E-state index contributed by atoms with van der Waals surface area (Å²) in [5.74, 6) is 0. The number of allylic oxidation sites excluding steroid dienone is 1. The molecule has 2 nitrogen and oxygen atoms in total. The fraction of sp³-hybridized carbons (Fsp3) is 0.833. The molecule has 0 fully saturated rings. The zero-order chi connectivity index (χ0) is 10.8. The SMILES string of the molecule is CC=CCOC(C)CCCNC(C)C. The second-order valence-corrected chi connectivity index (χ2v) is 3.96. The summed E-state index contributed by atoms with van der Waals surface area (Å²) < 4.78 is 5.57. The summed E-state index contributed by atoms with van der Waals surface area (Å²) in [5, 5.41) is 3.40. The van der Waals surface area contributed by atoms with Gasteiger partial charge in [0.15, 0.2) is 0 Å². The van der Waals surface area contributed by atoms with Gasteiger partial charge in [-0.05, 0) is 33.2 Å². The van der Waals surface area contributed by atoms with Gasteiger partial charge in [0, 0.05) is 6.04 Å². The van der Waals surface area contributed by atoms with E-state index in [0.717, 1.165) is 19.6 Å². The molecule has 0 saturated heterocycles. The average molecular weight is 199 g/mol. The zero-order valence-corrected chi connectivity index (χ0v) is 10.0. The Morgan fingerprint density at radius 2 is 2.00 bits per heavy atom. The molecule has 0 aromatic heterocycles. The summed E-state index contributed by atoms with van der Waals surface area (Å²) in [6.07, 6.45) is 6.77. The maximum Gasteiger partial charge on any atom is 0.0650 e. The van der Waals surface area contributed by atoms with Gasteiger partial charge in [-0.3, -0.25) is 0 Å². The number of hydrogen-bond donors (Lipinski definition) is 1. The molecule has 14 heavy (non-hydrogen) atoms. The normalized spacial score (nSPS) is 14.1. The van der Waals surface area contributed by atoms with Gasteiger partial charge in [0.1, 0.15) is 0 Å². The van der Waals surface area contributed by atoms with Crippen LogP contribution < -0.4 is 5.32 Å². The molecule has 0 aromatic rings. The smallest absolute Gasteiger partial charge is 0.0650 e. The molecule has 84 valence electrons. The Morgan fingerprint density at radius 3 is 2.57 bits per heavy atom. The molecule has 1 atom stereocenters. The lowest BCUT2D eigenvalue weighted by atomic mass is 10.2. The lowest BCUT2D eigenvalue weighted by Gasteiger charge is -2.12. The molecule has 0 aromatic carbocycles. The summed E-state index contributed by atoms with van der Waals surface area (Å²) in [6, 6.07) is 0.592. The molecular weight excluding hydrogens is 174 g/mol. The number of hydrogen-bond acceptors (Lipinski definition) is 2. The minimum absolute atomic E-state index is 0.375. The summed E-state index contributed by atoms with van der Waals surface area (Å²) in [6.45, 7) is 10.3. The van der Waals surface area contributed by atoms with E-state index >= 15 is 0 Å². The van der Waals surface area contributed by atoms with Crippen molar-refractivity contribution in [1.29, 1.82) is 0 Å². The average Bonchev–Trinajstić information content (AvgIpc) is 2.13. The Hall–Kier alpha value is -0.340. The van der Waals surface area contributed by atoms with Crippen molar-refractivity contribution in [3.63, 3.8) is 0 Å². The van der Waals surface area contributed by atoms with Crippen LogP contribution in [-0.4, -0.2) is 25.3 Å². The topological polar surface area (TPSA) is 21.3 Å². The fourth-order valence-electron chi connectivity index (χ4n) is 1.18. The molecule has 1 N–H and O–H groups in total. The van der Waals surface area contributed by atoms with E-state index in [1.807, 2.05) is 19.1 Å².